The van der Waals surface area contributed by atoms with Crippen molar-refractivity contribution in [1.82, 2.24) is 10.2 Å². The Morgan fingerprint density at radius 3 is 2.58 bits per heavy atom. The van der Waals surface area contributed by atoms with E-state index in [-0.39, 0.29) is 23.6 Å². The molecule has 0 bridgehead atoms. The van der Waals surface area contributed by atoms with Crippen LogP contribution in [0.1, 0.15) is 31.9 Å². The van der Waals surface area contributed by atoms with Crippen molar-refractivity contribution in [2.45, 2.75) is 55.4 Å². The SMILES string of the molecule is CC1(C)S[C@H]2N(C(=O)[C@]2(C)NC(=O)Cc2cccc(CN)c2)[C@H]1C(=O)O. The minimum absolute atomic E-state index is 0.139. The van der Waals surface area contributed by atoms with Gasteiger partial charge in [-0.1, -0.05) is 24.3 Å². The number of carboxylic acid groups (broad SMARTS) is 1. The lowest BCUT2D eigenvalue weighted by Gasteiger charge is -2.51. The molecule has 1 aromatic carbocycles. The number of nitrogens with two attached hydrogens (primary N) is 1. The molecule has 0 unspecified atom stereocenters. The molecule has 0 spiro atoms. The fourth-order valence-corrected chi connectivity index (χ4v) is 5.37. The van der Waals surface area contributed by atoms with Crippen molar-refractivity contribution in [3.05, 3.63) is 35.4 Å². The Labute approximate surface area is 156 Å². The number of nitrogens with one attached hydrogen (secondary N) is 1. The molecule has 3 atom stereocenters. The van der Waals surface area contributed by atoms with Gasteiger partial charge in [-0.15, -0.1) is 11.8 Å². The molecule has 2 amide bonds. The zero-order chi connectivity index (χ0) is 19.3. The van der Waals surface area contributed by atoms with E-state index in [4.69, 9.17) is 5.73 Å². The van der Waals surface area contributed by atoms with Crippen LogP contribution in [0.2, 0.25) is 0 Å². The zero-order valence-corrected chi connectivity index (χ0v) is 15.8. The number of fused-ring (bicyclic) bond motifs is 1. The number of hydrogen-bond acceptors (Lipinski definition) is 5. The Morgan fingerprint density at radius 2 is 1.96 bits per heavy atom. The van der Waals surface area contributed by atoms with E-state index in [1.54, 1.807) is 6.92 Å². The molecule has 8 heteroatoms. The van der Waals surface area contributed by atoms with Crippen LogP contribution < -0.4 is 11.1 Å². The molecule has 140 valence electrons. The smallest absolute Gasteiger partial charge is 0.327 e. The molecule has 4 N–H and O–H groups in total. The van der Waals surface area contributed by atoms with Crippen LogP contribution in [-0.2, 0) is 27.3 Å². The third-order valence-corrected chi connectivity index (χ3v) is 6.75. The molecule has 1 aromatic rings. The summed E-state index contributed by atoms with van der Waals surface area (Å²) in [7, 11) is 0. The molecule has 2 aliphatic rings. The van der Waals surface area contributed by atoms with Gasteiger partial charge in [-0.2, -0.15) is 0 Å². The number of rotatable bonds is 5. The molecule has 26 heavy (non-hydrogen) atoms. The standard InChI is InChI=1S/C18H23N3O4S/c1-17(2)13(14(23)24)21-15(25)18(3,16(21)26-17)20-12(22)8-10-5-4-6-11(7-10)9-19/h4-7,13,16H,8-9,19H2,1-3H3,(H,20,22)(H,23,24)/t13-,16+,18-/m0/s1. The Bertz CT molecular complexity index is 781. The third kappa shape index (κ3) is 2.87. The first-order valence-electron chi connectivity index (χ1n) is 8.42. The van der Waals surface area contributed by atoms with Gasteiger partial charge in [-0.25, -0.2) is 4.79 Å². The number of carbonyl (C=O) groups is 3. The number of benzene rings is 1. The fourth-order valence-electron chi connectivity index (χ4n) is 3.72. The lowest BCUT2D eigenvalue weighted by Crippen LogP contribution is -2.78. The van der Waals surface area contributed by atoms with Crippen molar-refractivity contribution >= 4 is 29.5 Å². The van der Waals surface area contributed by atoms with Crippen molar-refractivity contribution in [1.29, 1.82) is 0 Å². The van der Waals surface area contributed by atoms with Crippen LogP contribution in [0.15, 0.2) is 24.3 Å². The van der Waals surface area contributed by atoms with Crippen LogP contribution in [0.3, 0.4) is 0 Å². The van der Waals surface area contributed by atoms with Gasteiger partial charge in [0, 0.05) is 11.3 Å². The predicted octanol–water partition coefficient (Wildman–Crippen LogP) is 0.710. The van der Waals surface area contributed by atoms with E-state index in [9.17, 15) is 19.5 Å². The summed E-state index contributed by atoms with van der Waals surface area (Å²) in [5, 5.41) is 11.9. The first-order chi connectivity index (χ1) is 12.1. The number of nitrogens with zero attached hydrogens (tertiary/aromatic N) is 1. The lowest BCUT2D eigenvalue weighted by atomic mass is 9.86. The quantitative estimate of drug-likeness (QED) is 0.652. The topological polar surface area (TPSA) is 113 Å². The maximum Gasteiger partial charge on any atom is 0.327 e. The van der Waals surface area contributed by atoms with Gasteiger partial charge in [0.2, 0.25) is 5.91 Å². The summed E-state index contributed by atoms with van der Waals surface area (Å²) >= 11 is 1.41. The van der Waals surface area contributed by atoms with E-state index >= 15 is 0 Å². The number of thioether (sulfide) groups is 1. The van der Waals surface area contributed by atoms with Crippen LogP contribution in [0.5, 0.6) is 0 Å². The third-order valence-electron chi connectivity index (χ3n) is 5.00. The van der Waals surface area contributed by atoms with E-state index in [2.05, 4.69) is 5.32 Å². The highest BCUT2D eigenvalue weighted by Crippen LogP contribution is 2.54. The Hall–Kier alpha value is -2.06. The normalized spacial score (nSPS) is 29.1. The second kappa shape index (κ2) is 6.28. The van der Waals surface area contributed by atoms with Gasteiger partial charge in [-0.05, 0) is 31.9 Å². The Morgan fingerprint density at radius 1 is 1.31 bits per heavy atom. The van der Waals surface area contributed by atoms with Crippen molar-refractivity contribution < 1.29 is 19.5 Å². The van der Waals surface area contributed by atoms with Gasteiger partial charge in [-0.3, -0.25) is 9.59 Å². The van der Waals surface area contributed by atoms with E-state index in [0.29, 0.717) is 6.54 Å². The van der Waals surface area contributed by atoms with Gasteiger partial charge in [0.05, 0.1) is 6.42 Å². The number of hydrogen-bond donors (Lipinski definition) is 3. The first-order valence-corrected chi connectivity index (χ1v) is 9.30. The number of β-lactam (4-membered cyclic amide) rings is 1. The van der Waals surface area contributed by atoms with Crippen LogP contribution in [0.25, 0.3) is 0 Å². The van der Waals surface area contributed by atoms with Crippen molar-refractivity contribution in [3.8, 4) is 0 Å². The molecule has 0 aliphatic carbocycles. The van der Waals surface area contributed by atoms with E-state index in [0.717, 1.165) is 11.1 Å². The van der Waals surface area contributed by atoms with Crippen molar-refractivity contribution in [2.24, 2.45) is 5.73 Å². The highest BCUT2D eigenvalue weighted by Gasteiger charge is 2.69. The number of carbonyl (C=O) groups excluding carboxylic acids is 2. The number of carboxylic acids is 1. The van der Waals surface area contributed by atoms with Crippen LogP contribution in [0, 0.1) is 0 Å². The van der Waals surface area contributed by atoms with Crippen molar-refractivity contribution in [3.63, 3.8) is 0 Å². The van der Waals surface area contributed by atoms with Crippen LogP contribution in [-0.4, -0.2) is 49.5 Å². The van der Waals surface area contributed by atoms with Gasteiger partial charge in [0.1, 0.15) is 17.0 Å². The average Bonchev–Trinajstić information content (AvgIpc) is 2.84. The predicted molar refractivity (Wildman–Crippen MR) is 98.3 cm³/mol. The second-order valence-electron chi connectivity index (χ2n) is 7.48. The molecule has 2 heterocycles. The summed E-state index contributed by atoms with van der Waals surface area (Å²) in [5.41, 5.74) is 6.29. The zero-order valence-electron chi connectivity index (χ0n) is 15.0. The van der Waals surface area contributed by atoms with Gasteiger partial charge in [0.15, 0.2) is 0 Å². The molecular weight excluding hydrogens is 354 g/mol. The van der Waals surface area contributed by atoms with Crippen molar-refractivity contribution in [2.75, 3.05) is 0 Å². The fraction of sp³-hybridized carbons (Fsp3) is 0.500. The minimum atomic E-state index is -1.09. The largest absolute Gasteiger partial charge is 0.480 e. The van der Waals surface area contributed by atoms with Crippen LogP contribution in [0.4, 0.5) is 0 Å². The summed E-state index contributed by atoms with van der Waals surface area (Å²) in [4.78, 5) is 38.1. The molecule has 2 aliphatic heterocycles. The molecule has 0 saturated carbocycles. The maximum atomic E-state index is 12.7. The minimum Gasteiger partial charge on any atom is -0.480 e. The number of amides is 2. The van der Waals surface area contributed by atoms with E-state index in [1.165, 1.54) is 16.7 Å². The summed E-state index contributed by atoms with van der Waals surface area (Å²) < 4.78 is -0.621. The summed E-state index contributed by atoms with van der Waals surface area (Å²) in [6.45, 7) is 5.67. The highest BCUT2D eigenvalue weighted by atomic mass is 32.2. The summed E-state index contributed by atoms with van der Waals surface area (Å²) in [6.07, 6.45) is 0.139. The lowest BCUT2D eigenvalue weighted by molar-refractivity contribution is -0.167. The molecule has 3 rings (SSSR count). The number of aliphatic carboxylic acids is 1. The average molecular weight is 377 g/mol. The Kier molecular flexibility index (Phi) is 4.52. The maximum absolute atomic E-state index is 12.7. The van der Waals surface area contributed by atoms with E-state index < -0.39 is 22.3 Å². The first kappa shape index (κ1) is 18.7. The molecule has 7 nitrogen and oxygen atoms in total. The molecule has 0 aromatic heterocycles. The summed E-state index contributed by atoms with van der Waals surface area (Å²) in [6, 6.07) is 6.54. The summed E-state index contributed by atoms with van der Waals surface area (Å²) in [5.74, 6) is -1.64. The Balaban J connectivity index is 1.73. The van der Waals surface area contributed by atoms with Crippen LogP contribution >= 0.6 is 11.8 Å². The monoisotopic (exact) mass is 377 g/mol. The van der Waals surface area contributed by atoms with Gasteiger partial charge < -0.3 is 21.1 Å². The highest BCUT2D eigenvalue weighted by molar-refractivity contribution is 8.01. The molecule has 2 fully saturated rings. The van der Waals surface area contributed by atoms with Gasteiger partial charge in [0.25, 0.3) is 5.91 Å². The molecule has 2 saturated heterocycles. The second-order valence-corrected chi connectivity index (χ2v) is 9.21. The molecule has 0 radical (unpaired) electrons. The van der Waals surface area contributed by atoms with Gasteiger partial charge >= 0.3 is 5.97 Å². The van der Waals surface area contributed by atoms with E-state index in [1.807, 2.05) is 38.1 Å². The molecular formula is C18H23N3O4S.